The van der Waals surface area contributed by atoms with Crippen molar-refractivity contribution in [3.8, 4) is 0 Å². The number of rotatable bonds is 4. The predicted octanol–water partition coefficient (Wildman–Crippen LogP) is 3.70. The normalized spacial score (nSPS) is 17.7. The van der Waals surface area contributed by atoms with Crippen LogP contribution in [0.3, 0.4) is 0 Å². The lowest BCUT2D eigenvalue weighted by atomic mass is 10.0. The summed E-state index contributed by atoms with van der Waals surface area (Å²) in [6.07, 6.45) is 5.40. The Morgan fingerprint density at radius 3 is 2.91 bits per heavy atom. The van der Waals surface area contributed by atoms with E-state index in [4.69, 9.17) is 22.4 Å². The molecule has 0 saturated carbocycles. The number of benzene rings is 1. The molecule has 0 amide bonds. The van der Waals surface area contributed by atoms with E-state index in [1.54, 1.807) is 6.20 Å². The summed E-state index contributed by atoms with van der Waals surface area (Å²) in [4.78, 5) is 4.24. The predicted molar refractivity (Wildman–Crippen MR) is 91.4 cm³/mol. The summed E-state index contributed by atoms with van der Waals surface area (Å²) in [6.45, 7) is 2.67. The van der Waals surface area contributed by atoms with Gasteiger partial charge in [-0.25, -0.2) is 0 Å². The van der Waals surface area contributed by atoms with Gasteiger partial charge in [0.1, 0.15) is 0 Å². The number of aryl methyl sites for hydroxylation is 1. The smallest absolute Gasteiger partial charge is 0.0843 e. The maximum atomic E-state index is 6.07. The molecule has 0 radical (unpaired) electrons. The maximum absolute atomic E-state index is 6.07. The van der Waals surface area contributed by atoms with Crippen LogP contribution in [0.2, 0.25) is 5.02 Å². The van der Waals surface area contributed by atoms with Crippen molar-refractivity contribution in [1.82, 2.24) is 4.98 Å². The molecule has 0 bridgehead atoms. The van der Waals surface area contributed by atoms with Gasteiger partial charge in [-0.1, -0.05) is 17.7 Å². The Hall–Kier alpha value is -1.91. The molecule has 1 aromatic heterocycles. The van der Waals surface area contributed by atoms with Crippen LogP contribution in [0, 0.1) is 6.92 Å². The van der Waals surface area contributed by atoms with Gasteiger partial charge >= 0.3 is 0 Å². The van der Waals surface area contributed by atoms with E-state index < -0.39 is 0 Å². The largest absolute Gasteiger partial charge is 0.330 e. The first kappa shape index (κ1) is 15.0. The fraction of sp³-hybridized carbons (Fsp3) is 0.294. The van der Waals surface area contributed by atoms with Crippen LogP contribution in [0.5, 0.6) is 0 Å². The third-order valence-corrected chi connectivity index (χ3v) is 4.12. The lowest BCUT2D eigenvalue weighted by molar-refractivity contribution is 0.702. The first-order valence-corrected chi connectivity index (χ1v) is 7.78. The molecule has 1 aliphatic heterocycles. The molecular weight excluding hydrogens is 296 g/mol. The Kier molecular flexibility index (Phi) is 4.41. The molecule has 5 heteroatoms. The van der Waals surface area contributed by atoms with Crippen molar-refractivity contribution in [3.63, 3.8) is 0 Å². The first-order chi connectivity index (χ1) is 10.7. The van der Waals surface area contributed by atoms with E-state index in [1.165, 1.54) is 0 Å². The van der Waals surface area contributed by atoms with Gasteiger partial charge in [0.2, 0.25) is 0 Å². The van der Waals surface area contributed by atoms with Gasteiger partial charge in [-0.15, -0.1) is 0 Å². The van der Waals surface area contributed by atoms with E-state index in [-0.39, 0.29) is 6.04 Å². The molecule has 0 aliphatic carbocycles. The summed E-state index contributed by atoms with van der Waals surface area (Å²) >= 11 is 6.07. The zero-order valence-electron chi connectivity index (χ0n) is 12.5. The van der Waals surface area contributed by atoms with Crippen LogP contribution in [0.4, 0.5) is 5.69 Å². The van der Waals surface area contributed by atoms with Gasteiger partial charge in [0.15, 0.2) is 0 Å². The zero-order chi connectivity index (χ0) is 15.5. The van der Waals surface area contributed by atoms with Crippen molar-refractivity contribution >= 4 is 23.0 Å². The molecule has 4 nitrogen and oxygen atoms in total. The number of hydrogen-bond donors (Lipinski definition) is 1. The van der Waals surface area contributed by atoms with Crippen molar-refractivity contribution < 1.29 is 0 Å². The van der Waals surface area contributed by atoms with Crippen molar-refractivity contribution in [3.05, 3.63) is 58.9 Å². The van der Waals surface area contributed by atoms with E-state index in [1.807, 2.05) is 30.5 Å². The number of aromatic nitrogens is 1. The molecule has 1 aliphatic rings. The third kappa shape index (κ3) is 2.98. The van der Waals surface area contributed by atoms with Gasteiger partial charge in [0.05, 0.1) is 11.7 Å². The highest BCUT2D eigenvalue weighted by Crippen LogP contribution is 2.37. The molecule has 2 heterocycles. The second-order valence-electron chi connectivity index (χ2n) is 5.49. The van der Waals surface area contributed by atoms with E-state index in [0.29, 0.717) is 6.54 Å². The Morgan fingerprint density at radius 1 is 1.36 bits per heavy atom. The highest BCUT2D eigenvalue weighted by atomic mass is 35.5. The number of nitrogens with zero attached hydrogens (tertiary/aromatic N) is 3. The standard InChI is InChI=1S/C17H19ClN4/c1-12-9-14(18)4-5-16(12)22-17(10-15(21-22)6-7-19)13-3-2-8-20-11-13/h2-5,8-9,11,17H,6-7,10,19H2,1H3. The minimum atomic E-state index is 0.162. The van der Waals surface area contributed by atoms with Crippen LogP contribution < -0.4 is 10.7 Å². The molecule has 2 aromatic rings. The van der Waals surface area contributed by atoms with E-state index >= 15 is 0 Å². The summed E-state index contributed by atoms with van der Waals surface area (Å²) in [6, 6.07) is 10.1. The van der Waals surface area contributed by atoms with Crippen molar-refractivity contribution in [1.29, 1.82) is 0 Å². The van der Waals surface area contributed by atoms with Gasteiger partial charge in [-0.3, -0.25) is 9.99 Å². The molecule has 3 rings (SSSR count). The van der Waals surface area contributed by atoms with Crippen LogP contribution >= 0.6 is 11.6 Å². The van der Waals surface area contributed by atoms with Crippen LogP contribution in [-0.4, -0.2) is 17.2 Å². The van der Waals surface area contributed by atoms with Gasteiger partial charge in [-0.2, -0.15) is 5.10 Å². The van der Waals surface area contributed by atoms with Gasteiger partial charge in [0.25, 0.3) is 0 Å². The Balaban J connectivity index is 1.99. The Morgan fingerprint density at radius 2 is 2.23 bits per heavy atom. The fourth-order valence-electron chi connectivity index (χ4n) is 2.82. The number of anilines is 1. The molecule has 1 unspecified atom stereocenters. The lowest BCUT2D eigenvalue weighted by Crippen LogP contribution is -2.19. The minimum Gasteiger partial charge on any atom is -0.330 e. The number of hydrogen-bond acceptors (Lipinski definition) is 4. The zero-order valence-corrected chi connectivity index (χ0v) is 13.3. The van der Waals surface area contributed by atoms with Gasteiger partial charge < -0.3 is 5.73 Å². The highest BCUT2D eigenvalue weighted by molar-refractivity contribution is 6.30. The maximum Gasteiger partial charge on any atom is 0.0843 e. The minimum absolute atomic E-state index is 0.162. The average molecular weight is 315 g/mol. The third-order valence-electron chi connectivity index (χ3n) is 3.88. The molecule has 22 heavy (non-hydrogen) atoms. The Labute approximate surface area is 135 Å². The number of nitrogens with two attached hydrogens (primary N) is 1. The number of halogens is 1. The van der Waals surface area contributed by atoms with E-state index in [2.05, 4.69) is 23.0 Å². The average Bonchev–Trinajstić information content (AvgIpc) is 2.92. The van der Waals surface area contributed by atoms with Crippen LogP contribution in [-0.2, 0) is 0 Å². The second kappa shape index (κ2) is 6.46. The fourth-order valence-corrected chi connectivity index (χ4v) is 3.05. The number of pyridine rings is 1. The van der Waals surface area contributed by atoms with Crippen LogP contribution in [0.1, 0.15) is 30.0 Å². The summed E-state index contributed by atoms with van der Waals surface area (Å²) < 4.78 is 0. The van der Waals surface area contributed by atoms with Gasteiger partial charge in [0, 0.05) is 29.5 Å². The molecular formula is C17H19ClN4. The molecule has 1 atom stereocenters. The lowest BCUT2D eigenvalue weighted by Gasteiger charge is -2.25. The molecule has 2 N–H and O–H groups in total. The van der Waals surface area contributed by atoms with Crippen molar-refractivity contribution in [2.45, 2.75) is 25.8 Å². The van der Waals surface area contributed by atoms with Crippen molar-refractivity contribution in [2.24, 2.45) is 10.8 Å². The quantitative estimate of drug-likeness (QED) is 0.936. The molecule has 0 saturated heterocycles. The summed E-state index contributed by atoms with van der Waals surface area (Å²) in [5.74, 6) is 0. The molecule has 1 aromatic carbocycles. The molecule has 114 valence electrons. The van der Waals surface area contributed by atoms with Crippen LogP contribution in [0.25, 0.3) is 0 Å². The summed E-state index contributed by atoms with van der Waals surface area (Å²) in [5, 5.41) is 7.61. The molecule has 0 fully saturated rings. The summed E-state index contributed by atoms with van der Waals surface area (Å²) in [5.41, 5.74) is 10.2. The van der Waals surface area contributed by atoms with E-state index in [9.17, 15) is 0 Å². The van der Waals surface area contributed by atoms with Gasteiger partial charge in [-0.05, 0) is 55.3 Å². The first-order valence-electron chi connectivity index (χ1n) is 7.41. The highest BCUT2D eigenvalue weighted by Gasteiger charge is 2.29. The second-order valence-corrected chi connectivity index (χ2v) is 5.92. The van der Waals surface area contributed by atoms with Crippen LogP contribution in [0.15, 0.2) is 47.8 Å². The number of hydrazone groups is 1. The Bertz CT molecular complexity index is 684. The molecule has 0 spiro atoms. The van der Waals surface area contributed by atoms with E-state index in [0.717, 1.165) is 40.4 Å². The van der Waals surface area contributed by atoms with Crippen molar-refractivity contribution in [2.75, 3.05) is 11.6 Å². The summed E-state index contributed by atoms with van der Waals surface area (Å²) in [7, 11) is 0. The monoisotopic (exact) mass is 314 g/mol. The SMILES string of the molecule is Cc1cc(Cl)ccc1N1N=C(CCN)CC1c1cccnc1. The topological polar surface area (TPSA) is 54.5 Å².